The fourth-order valence-electron chi connectivity index (χ4n) is 2.66. The van der Waals surface area contributed by atoms with Crippen LogP contribution < -0.4 is 10.6 Å². The van der Waals surface area contributed by atoms with E-state index in [0.29, 0.717) is 11.4 Å². The number of esters is 1. The molecule has 1 aliphatic rings. The van der Waals surface area contributed by atoms with Crippen molar-refractivity contribution < 1.29 is 28.7 Å². The van der Waals surface area contributed by atoms with Gasteiger partial charge in [-0.3, -0.25) is 24.1 Å². The number of carbonyl (C=O) groups excluding carboxylic acids is 5. The van der Waals surface area contributed by atoms with E-state index >= 15 is 0 Å². The Balaban J connectivity index is 1.74. The number of hydrogen-bond donors (Lipinski definition) is 2. The first-order valence-electron chi connectivity index (χ1n) is 9.11. The van der Waals surface area contributed by atoms with Gasteiger partial charge in [0.05, 0.1) is 0 Å². The molecule has 0 unspecified atom stereocenters. The van der Waals surface area contributed by atoms with Crippen LogP contribution in [0.25, 0.3) is 0 Å². The molecule has 0 aliphatic carbocycles. The Hall–Kier alpha value is -3.43. The Morgan fingerprint density at radius 2 is 1.69 bits per heavy atom. The van der Waals surface area contributed by atoms with Gasteiger partial charge in [0, 0.05) is 38.3 Å². The molecular weight excluding hydrogens is 380 g/mol. The van der Waals surface area contributed by atoms with Crippen molar-refractivity contribution in [1.82, 2.24) is 9.80 Å². The van der Waals surface area contributed by atoms with Crippen molar-refractivity contribution >= 4 is 41.1 Å². The minimum absolute atomic E-state index is 0.0240. The summed E-state index contributed by atoms with van der Waals surface area (Å²) in [5.74, 6) is -1.60. The van der Waals surface area contributed by atoms with Crippen molar-refractivity contribution in [1.29, 1.82) is 0 Å². The maximum absolute atomic E-state index is 12.2. The first-order chi connectivity index (χ1) is 13.7. The smallest absolute Gasteiger partial charge is 0.326 e. The highest BCUT2D eigenvalue weighted by molar-refractivity contribution is 6.01. The van der Waals surface area contributed by atoms with Crippen LogP contribution in [0.1, 0.15) is 26.7 Å². The summed E-state index contributed by atoms with van der Waals surface area (Å²) < 4.78 is 5.09. The van der Waals surface area contributed by atoms with Crippen LogP contribution in [0.3, 0.4) is 0 Å². The zero-order chi connectivity index (χ0) is 21.6. The topological polar surface area (TPSA) is 125 Å². The van der Waals surface area contributed by atoms with E-state index in [1.165, 1.54) is 25.8 Å². The van der Waals surface area contributed by atoms with Gasteiger partial charge >= 0.3 is 12.0 Å². The molecule has 29 heavy (non-hydrogen) atoms. The second kappa shape index (κ2) is 9.67. The maximum Gasteiger partial charge on any atom is 0.326 e. The summed E-state index contributed by atoms with van der Waals surface area (Å²) in [7, 11) is 1.53. The van der Waals surface area contributed by atoms with Crippen molar-refractivity contribution in [2.45, 2.75) is 32.8 Å². The average molecular weight is 404 g/mol. The summed E-state index contributed by atoms with van der Waals surface area (Å²) in [6.45, 7) is 3.00. The van der Waals surface area contributed by atoms with Crippen molar-refractivity contribution in [2.24, 2.45) is 0 Å². The van der Waals surface area contributed by atoms with Crippen LogP contribution in [0.15, 0.2) is 24.3 Å². The molecule has 156 valence electrons. The number of anilines is 2. The summed E-state index contributed by atoms with van der Waals surface area (Å²) in [4.78, 5) is 60.9. The van der Waals surface area contributed by atoms with E-state index in [1.807, 2.05) is 0 Å². The number of ether oxygens (including phenoxy) is 1. The third-order valence-corrected chi connectivity index (χ3v) is 4.14. The number of imide groups is 1. The SMILES string of the molecule is CC(=O)Nc1ccc(NC(=O)[C@H](C)OC(=O)CCCN2C(=O)CN(C)C2=O)cc1. The van der Waals surface area contributed by atoms with Gasteiger partial charge in [0.1, 0.15) is 6.54 Å². The monoisotopic (exact) mass is 404 g/mol. The summed E-state index contributed by atoms with van der Waals surface area (Å²) in [6.07, 6.45) is -0.786. The third kappa shape index (κ3) is 6.30. The predicted octanol–water partition coefficient (Wildman–Crippen LogP) is 1.19. The molecular formula is C19H24N4O6. The van der Waals surface area contributed by atoms with E-state index in [0.717, 1.165) is 4.90 Å². The zero-order valence-electron chi connectivity index (χ0n) is 16.6. The molecule has 0 radical (unpaired) electrons. The number of nitrogens with one attached hydrogen (secondary N) is 2. The molecule has 0 saturated carbocycles. The maximum atomic E-state index is 12.2. The highest BCUT2D eigenvalue weighted by Gasteiger charge is 2.33. The lowest BCUT2D eigenvalue weighted by Gasteiger charge is -2.15. The van der Waals surface area contributed by atoms with E-state index < -0.39 is 18.0 Å². The van der Waals surface area contributed by atoms with Crippen LogP contribution in [0.5, 0.6) is 0 Å². The second-order valence-corrected chi connectivity index (χ2v) is 6.67. The Bertz CT molecular complexity index is 807. The summed E-state index contributed by atoms with van der Waals surface area (Å²) >= 11 is 0. The van der Waals surface area contributed by atoms with Crippen LogP contribution in [0, 0.1) is 0 Å². The highest BCUT2D eigenvalue weighted by Crippen LogP contribution is 2.14. The molecule has 0 aromatic heterocycles. The molecule has 10 heteroatoms. The lowest BCUT2D eigenvalue weighted by atomic mass is 10.2. The molecule has 0 bridgehead atoms. The largest absolute Gasteiger partial charge is 0.453 e. The van der Waals surface area contributed by atoms with Crippen molar-refractivity contribution in [3.05, 3.63) is 24.3 Å². The average Bonchev–Trinajstić information content (AvgIpc) is 2.88. The van der Waals surface area contributed by atoms with Crippen molar-refractivity contribution in [3.8, 4) is 0 Å². The standard InChI is InChI=1S/C19H24N4O6/c1-12(18(27)21-15-8-6-14(7-9-15)20-13(2)24)29-17(26)5-4-10-23-16(25)11-22(3)19(23)28/h6-9,12H,4-5,10-11H2,1-3H3,(H,20,24)(H,21,27)/t12-/m0/s1. The van der Waals surface area contributed by atoms with Gasteiger partial charge in [0.2, 0.25) is 11.8 Å². The molecule has 5 amide bonds. The van der Waals surface area contributed by atoms with Gasteiger partial charge in [-0.2, -0.15) is 0 Å². The number of benzene rings is 1. The highest BCUT2D eigenvalue weighted by atomic mass is 16.5. The second-order valence-electron chi connectivity index (χ2n) is 6.67. The number of rotatable bonds is 8. The number of likely N-dealkylation sites (N-methyl/N-ethyl adjacent to an activating group) is 1. The summed E-state index contributed by atoms with van der Waals surface area (Å²) in [5.41, 5.74) is 1.08. The summed E-state index contributed by atoms with van der Waals surface area (Å²) in [5, 5.41) is 5.23. The normalized spacial score (nSPS) is 14.6. The molecule has 0 spiro atoms. The van der Waals surface area contributed by atoms with Gasteiger partial charge in [0.25, 0.3) is 5.91 Å². The molecule has 1 fully saturated rings. The third-order valence-electron chi connectivity index (χ3n) is 4.14. The molecule has 1 saturated heterocycles. The molecule has 1 aliphatic heterocycles. The lowest BCUT2D eigenvalue weighted by Crippen LogP contribution is -2.33. The van der Waals surface area contributed by atoms with Gasteiger partial charge in [-0.1, -0.05) is 0 Å². The van der Waals surface area contributed by atoms with Gasteiger partial charge in [-0.25, -0.2) is 4.79 Å². The van der Waals surface area contributed by atoms with E-state index in [2.05, 4.69) is 10.6 Å². The molecule has 1 aromatic rings. The molecule has 2 rings (SSSR count). The van der Waals surface area contributed by atoms with Gasteiger partial charge in [-0.15, -0.1) is 0 Å². The zero-order valence-corrected chi connectivity index (χ0v) is 16.6. The van der Waals surface area contributed by atoms with Gasteiger partial charge in [0.15, 0.2) is 6.10 Å². The lowest BCUT2D eigenvalue weighted by molar-refractivity contribution is -0.153. The number of amides is 5. The van der Waals surface area contributed by atoms with Crippen LogP contribution >= 0.6 is 0 Å². The summed E-state index contributed by atoms with van der Waals surface area (Å²) in [6, 6.07) is 6.09. The number of urea groups is 1. The molecule has 1 atom stereocenters. The predicted molar refractivity (Wildman–Crippen MR) is 104 cm³/mol. The molecule has 1 heterocycles. The van der Waals surface area contributed by atoms with Crippen molar-refractivity contribution in [3.63, 3.8) is 0 Å². The van der Waals surface area contributed by atoms with Crippen molar-refractivity contribution in [2.75, 3.05) is 30.8 Å². The molecule has 1 aromatic carbocycles. The Morgan fingerprint density at radius 3 is 2.21 bits per heavy atom. The molecule has 10 nitrogen and oxygen atoms in total. The Kier molecular flexibility index (Phi) is 7.29. The fraction of sp³-hybridized carbons (Fsp3) is 0.421. The van der Waals surface area contributed by atoms with E-state index in [4.69, 9.17) is 4.74 Å². The minimum atomic E-state index is -1.02. The van der Waals surface area contributed by atoms with Gasteiger partial charge < -0.3 is 20.3 Å². The fourth-order valence-corrected chi connectivity index (χ4v) is 2.66. The van der Waals surface area contributed by atoms with E-state index in [9.17, 15) is 24.0 Å². The van der Waals surface area contributed by atoms with Crippen LogP contribution in [-0.2, 0) is 23.9 Å². The first-order valence-corrected chi connectivity index (χ1v) is 9.11. The minimum Gasteiger partial charge on any atom is -0.453 e. The first kappa shape index (κ1) is 21.9. The van der Waals surface area contributed by atoms with Gasteiger partial charge in [-0.05, 0) is 37.6 Å². The number of carbonyl (C=O) groups is 5. The molecule has 2 N–H and O–H groups in total. The quantitative estimate of drug-likeness (QED) is 0.495. The Labute approximate surface area is 168 Å². The number of nitrogens with zero attached hydrogens (tertiary/aromatic N) is 2. The van der Waals surface area contributed by atoms with E-state index in [-0.39, 0.29) is 43.8 Å². The van der Waals surface area contributed by atoms with E-state index in [1.54, 1.807) is 24.3 Å². The van der Waals surface area contributed by atoms with Crippen LogP contribution in [-0.4, -0.2) is 65.8 Å². The number of hydrogen-bond acceptors (Lipinski definition) is 6. The Morgan fingerprint density at radius 1 is 1.10 bits per heavy atom. The van der Waals surface area contributed by atoms with Crippen LogP contribution in [0.2, 0.25) is 0 Å². The van der Waals surface area contributed by atoms with Crippen LogP contribution in [0.4, 0.5) is 16.2 Å².